The third-order valence-corrected chi connectivity index (χ3v) is 5.52. The van der Waals surface area contributed by atoms with E-state index < -0.39 is 0 Å². The van der Waals surface area contributed by atoms with Gasteiger partial charge in [0.15, 0.2) is 11.5 Å². The molecule has 28 heavy (non-hydrogen) atoms. The molecule has 1 fully saturated rings. The average molecular weight is 384 g/mol. The average Bonchev–Trinajstić information content (AvgIpc) is 3.33. The van der Waals surface area contributed by atoms with Crippen LogP contribution in [0.1, 0.15) is 49.5 Å². The van der Waals surface area contributed by atoms with E-state index >= 15 is 0 Å². The molecular formula is C22H28N2O4. The Balaban J connectivity index is 1.31. The van der Waals surface area contributed by atoms with Crippen molar-refractivity contribution in [2.75, 3.05) is 26.4 Å². The van der Waals surface area contributed by atoms with E-state index in [4.69, 9.17) is 13.9 Å². The van der Waals surface area contributed by atoms with Crippen molar-refractivity contribution in [3.8, 4) is 11.5 Å². The number of fused-ring (bicyclic) bond motifs is 1. The van der Waals surface area contributed by atoms with Gasteiger partial charge in [-0.15, -0.1) is 0 Å². The van der Waals surface area contributed by atoms with E-state index in [9.17, 15) is 4.79 Å². The van der Waals surface area contributed by atoms with Crippen LogP contribution in [0.5, 0.6) is 11.5 Å². The van der Waals surface area contributed by atoms with Gasteiger partial charge in [0, 0.05) is 13.0 Å². The van der Waals surface area contributed by atoms with Gasteiger partial charge in [0.05, 0.1) is 12.3 Å². The van der Waals surface area contributed by atoms with E-state index in [2.05, 4.69) is 10.2 Å². The normalized spacial score (nSPS) is 17.9. The molecule has 2 aliphatic heterocycles. The van der Waals surface area contributed by atoms with Crippen LogP contribution >= 0.6 is 0 Å². The summed E-state index contributed by atoms with van der Waals surface area (Å²) in [7, 11) is 0. The van der Waals surface area contributed by atoms with Crippen molar-refractivity contribution in [3.63, 3.8) is 0 Å². The summed E-state index contributed by atoms with van der Waals surface area (Å²) in [5, 5.41) is 3.11. The number of rotatable bonds is 7. The number of carbonyl (C=O) groups excluding carboxylic acids is 1. The Bertz CT molecular complexity index is 767. The molecule has 1 aromatic heterocycles. The molecule has 0 radical (unpaired) electrons. The van der Waals surface area contributed by atoms with Gasteiger partial charge in [-0.25, -0.2) is 0 Å². The highest BCUT2D eigenvalue weighted by atomic mass is 16.7. The number of benzene rings is 1. The van der Waals surface area contributed by atoms with Crippen molar-refractivity contribution in [2.45, 2.75) is 44.6 Å². The molecule has 1 unspecified atom stereocenters. The summed E-state index contributed by atoms with van der Waals surface area (Å²) >= 11 is 0. The molecule has 0 bridgehead atoms. The molecule has 6 nitrogen and oxygen atoms in total. The lowest BCUT2D eigenvalue weighted by atomic mass is 10.1. The predicted molar refractivity (Wildman–Crippen MR) is 105 cm³/mol. The second kappa shape index (κ2) is 9.15. The molecule has 1 saturated heterocycles. The zero-order chi connectivity index (χ0) is 19.2. The van der Waals surface area contributed by atoms with Crippen molar-refractivity contribution in [1.82, 2.24) is 10.2 Å². The number of nitrogens with one attached hydrogen (secondary N) is 1. The summed E-state index contributed by atoms with van der Waals surface area (Å²) in [6, 6.07) is 9.88. The Hall–Kier alpha value is -2.47. The number of amides is 1. The lowest BCUT2D eigenvalue weighted by Gasteiger charge is -2.29. The standard InChI is InChI=1S/C22H28N2O4/c25-22(10-8-17-7-9-20-21(14-17)28-16-27-20)23-15-18(19-6-5-13-26-19)24-11-3-1-2-4-12-24/h5-7,9,13-14,18H,1-4,8,10-12,15-16H2,(H,23,25). The van der Waals surface area contributed by atoms with Gasteiger partial charge in [-0.05, 0) is 62.2 Å². The predicted octanol–water partition coefficient (Wildman–Crippen LogP) is 3.67. The fraction of sp³-hybridized carbons (Fsp3) is 0.500. The van der Waals surface area contributed by atoms with Crippen LogP contribution in [-0.2, 0) is 11.2 Å². The number of carbonyl (C=O) groups is 1. The van der Waals surface area contributed by atoms with Gasteiger partial charge in [-0.3, -0.25) is 9.69 Å². The first-order valence-corrected chi connectivity index (χ1v) is 10.2. The summed E-state index contributed by atoms with van der Waals surface area (Å²) in [5.74, 6) is 2.52. The molecule has 2 aromatic rings. The second-order valence-corrected chi connectivity index (χ2v) is 7.47. The quantitative estimate of drug-likeness (QED) is 0.789. The Kier molecular flexibility index (Phi) is 6.17. The van der Waals surface area contributed by atoms with Crippen molar-refractivity contribution in [2.24, 2.45) is 0 Å². The van der Waals surface area contributed by atoms with Crippen LogP contribution in [0.2, 0.25) is 0 Å². The van der Waals surface area contributed by atoms with Crippen LogP contribution in [-0.4, -0.2) is 37.2 Å². The zero-order valence-electron chi connectivity index (χ0n) is 16.2. The van der Waals surface area contributed by atoms with Crippen LogP contribution in [0.15, 0.2) is 41.0 Å². The third kappa shape index (κ3) is 4.68. The maximum Gasteiger partial charge on any atom is 0.231 e. The fourth-order valence-corrected chi connectivity index (χ4v) is 3.95. The van der Waals surface area contributed by atoms with Crippen LogP contribution in [0.25, 0.3) is 0 Å². The number of likely N-dealkylation sites (tertiary alicyclic amines) is 1. The number of nitrogens with zero attached hydrogens (tertiary/aromatic N) is 1. The van der Waals surface area contributed by atoms with Gasteiger partial charge in [0.1, 0.15) is 5.76 Å². The Morgan fingerprint density at radius 1 is 1.07 bits per heavy atom. The lowest BCUT2D eigenvalue weighted by molar-refractivity contribution is -0.121. The topological polar surface area (TPSA) is 63.9 Å². The summed E-state index contributed by atoms with van der Waals surface area (Å²) in [5.41, 5.74) is 1.08. The molecule has 0 aliphatic carbocycles. The number of ether oxygens (including phenoxy) is 2. The van der Waals surface area contributed by atoms with Crippen molar-refractivity contribution in [1.29, 1.82) is 0 Å². The Labute approximate surface area is 165 Å². The molecule has 4 rings (SSSR count). The maximum absolute atomic E-state index is 12.5. The van der Waals surface area contributed by atoms with Crippen LogP contribution in [0.3, 0.4) is 0 Å². The van der Waals surface area contributed by atoms with Crippen molar-refractivity contribution >= 4 is 5.91 Å². The summed E-state index contributed by atoms with van der Waals surface area (Å²) in [6.45, 7) is 2.95. The molecule has 1 aromatic carbocycles. The van der Waals surface area contributed by atoms with Crippen LogP contribution in [0, 0.1) is 0 Å². The summed E-state index contributed by atoms with van der Waals surface area (Å²) < 4.78 is 16.4. The molecule has 6 heteroatoms. The van der Waals surface area contributed by atoms with Gasteiger partial charge in [-0.2, -0.15) is 0 Å². The first kappa shape index (κ1) is 18.9. The molecule has 150 valence electrons. The maximum atomic E-state index is 12.5. The van der Waals surface area contributed by atoms with Gasteiger partial charge >= 0.3 is 0 Å². The summed E-state index contributed by atoms with van der Waals surface area (Å²) in [4.78, 5) is 14.9. The molecule has 2 aliphatic rings. The van der Waals surface area contributed by atoms with Crippen LogP contribution in [0.4, 0.5) is 0 Å². The summed E-state index contributed by atoms with van der Waals surface area (Å²) in [6.07, 6.45) is 7.81. The van der Waals surface area contributed by atoms with Gasteiger partial charge < -0.3 is 19.2 Å². The molecule has 1 amide bonds. The largest absolute Gasteiger partial charge is 0.468 e. The molecule has 0 spiro atoms. The van der Waals surface area contributed by atoms with E-state index in [1.54, 1.807) is 6.26 Å². The minimum atomic E-state index is 0.0593. The van der Waals surface area contributed by atoms with E-state index in [0.29, 0.717) is 19.4 Å². The van der Waals surface area contributed by atoms with E-state index in [-0.39, 0.29) is 18.7 Å². The second-order valence-electron chi connectivity index (χ2n) is 7.47. The lowest BCUT2D eigenvalue weighted by Crippen LogP contribution is -2.38. The van der Waals surface area contributed by atoms with Crippen molar-refractivity contribution < 1.29 is 18.7 Å². The minimum absolute atomic E-state index is 0.0593. The number of furan rings is 1. The minimum Gasteiger partial charge on any atom is -0.468 e. The number of aryl methyl sites for hydroxylation is 1. The zero-order valence-corrected chi connectivity index (χ0v) is 16.2. The first-order chi connectivity index (χ1) is 13.8. The van der Waals surface area contributed by atoms with Crippen LogP contribution < -0.4 is 14.8 Å². The fourth-order valence-electron chi connectivity index (χ4n) is 3.95. The molecule has 1 atom stereocenters. The third-order valence-electron chi connectivity index (χ3n) is 5.52. The molecule has 1 N–H and O–H groups in total. The van der Waals surface area contributed by atoms with Crippen molar-refractivity contribution in [3.05, 3.63) is 47.9 Å². The van der Waals surface area contributed by atoms with E-state index in [1.165, 1.54) is 25.7 Å². The Morgan fingerprint density at radius 2 is 1.89 bits per heavy atom. The number of hydrogen-bond acceptors (Lipinski definition) is 5. The van der Waals surface area contributed by atoms with Gasteiger partial charge in [0.2, 0.25) is 12.7 Å². The smallest absolute Gasteiger partial charge is 0.231 e. The Morgan fingerprint density at radius 3 is 2.68 bits per heavy atom. The molecule has 3 heterocycles. The monoisotopic (exact) mass is 384 g/mol. The SMILES string of the molecule is O=C(CCc1ccc2c(c1)OCO2)NCC(c1ccco1)N1CCCCCC1. The number of hydrogen-bond donors (Lipinski definition) is 1. The molecular weight excluding hydrogens is 356 g/mol. The van der Waals surface area contributed by atoms with E-state index in [0.717, 1.165) is 35.9 Å². The highest BCUT2D eigenvalue weighted by Gasteiger charge is 2.24. The van der Waals surface area contributed by atoms with Gasteiger partial charge in [-0.1, -0.05) is 18.9 Å². The van der Waals surface area contributed by atoms with Gasteiger partial charge in [0.25, 0.3) is 0 Å². The first-order valence-electron chi connectivity index (χ1n) is 10.2. The highest BCUT2D eigenvalue weighted by Crippen LogP contribution is 2.32. The highest BCUT2D eigenvalue weighted by molar-refractivity contribution is 5.76. The van der Waals surface area contributed by atoms with E-state index in [1.807, 2.05) is 30.3 Å². The molecule has 0 saturated carbocycles.